The van der Waals surface area contributed by atoms with Gasteiger partial charge < -0.3 is 15.4 Å². The number of alkyl halides is 1. The fourth-order valence-electron chi connectivity index (χ4n) is 1.91. The van der Waals surface area contributed by atoms with Crippen molar-refractivity contribution in [2.45, 2.75) is 45.4 Å². The van der Waals surface area contributed by atoms with Gasteiger partial charge >= 0.3 is 6.09 Å². The molecule has 0 aromatic heterocycles. The van der Waals surface area contributed by atoms with Gasteiger partial charge in [-0.3, -0.25) is 0 Å². The van der Waals surface area contributed by atoms with E-state index in [9.17, 15) is 9.18 Å². The molecule has 0 aliphatic carbocycles. The van der Waals surface area contributed by atoms with Gasteiger partial charge in [0.05, 0.1) is 0 Å². The van der Waals surface area contributed by atoms with E-state index in [-0.39, 0.29) is 18.6 Å². The molecule has 17 heavy (non-hydrogen) atoms. The van der Waals surface area contributed by atoms with Gasteiger partial charge in [0.15, 0.2) is 0 Å². The van der Waals surface area contributed by atoms with Crippen LogP contribution in [0.15, 0.2) is 0 Å². The third kappa shape index (κ3) is 3.84. The zero-order chi connectivity index (χ0) is 13.3. The van der Waals surface area contributed by atoms with Crippen LogP contribution in [0.4, 0.5) is 9.18 Å². The van der Waals surface area contributed by atoms with Gasteiger partial charge in [-0.05, 0) is 34.1 Å². The molecule has 4 nitrogen and oxygen atoms in total. The van der Waals surface area contributed by atoms with E-state index in [1.807, 2.05) is 20.8 Å². The van der Waals surface area contributed by atoms with Crippen molar-refractivity contribution in [1.82, 2.24) is 4.90 Å². The molecule has 0 radical (unpaired) electrons. The van der Waals surface area contributed by atoms with Crippen LogP contribution in [0.5, 0.6) is 0 Å². The van der Waals surface area contributed by atoms with Crippen molar-refractivity contribution in [2.24, 2.45) is 11.7 Å². The summed E-state index contributed by atoms with van der Waals surface area (Å²) in [5, 5.41) is 0. The minimum Gasteiger partial charge on any atom is -0.444 e. The first kappa shape index (κ1) is 14.2. The summed E-state index contributed by atoms with van der Waals surface area (Å²) in [5.74, 6) is -0.194. The van der Waals surface area contributed by atoms with Gasteiger partial charge in [-0.2, -0.15) is 0 Å². The molecule has 2 N–H and O–H groups in total. The molecule has 2 atom stereocenters. The SMILES string of the molecule is CC(C)(C)OC(=O)N1CCC(C(C)(F)CN)C1. The highest BCUT2D eigenvalue weighted by atomic mass is 19.1. The van der Waals surface area contributed by atoms with Crippen LogP contribution in [0.2, 0.25) is 0 Å². The molecule has 1 fully saturated rings. The fourth-order valence-corrected chi connectivity index (χ4v) is 1.91. The number of halogens is 1. The standard InChI is InChI=1S/C12H23FN2O2/c1-11(2,3)17-10(16)15-6-5-9(7-15)12(4,13)8-14/h9H,5-8,14H2,1-4H3. The van der Waals surface area contributed by atoms with E-state index in [0.29, 0.717) is 19.5 Å². The van der Waals surface area contributed by atoms with E-state index in [1.54, 1.807) is 4.90 Å². The minimum absolute atomic E-state index is 0.0141. The van der Waals surface area contributed by atoms with Gasteiger partial charge in [0, 0.05) is 25.6 Å². The maximum atomic E-state index is 14.0. The van der Waals surface area contributed by atoms with Gasteiger partial charge in [-0.25, -0.2) is 9.18 Å². The summed E-state index contributed by atoms with van der Waals surface area (Å²) in [4.78, 5) is 13.3. The molecule has 1 amide bonds. The minimum atomic E-state index is -1.41. The Bertz CT molecular complexity index is 287. The average molecular weight is 246 g/mol. The highest BCUT2D eigenvalue weighted by Gasteiger charge is 2.40. The van der Waals surface area contributed by atoms with Gasteiger partial charge in [-0.1, -0.05) is 0 Å². The summed E-state index contributed by atoms with van der Waals surface area (Å²) >= 11 is 0. The van der Waals surface area contributed by atoms with Gasteiger partial charge in [-0.15, -0.1) is 0 Å². The highest BCUT2D eigenvalue weighted by Crippen LogP contribution is 2.30. The monoisotopic (exact) mass is 246 g/mol. The van der Waals surface area contributed by atoms with Crippen LogP contribution < -0.4 is 5.73 Å². The quantitative estimate of drug-likeness (QED) is 0.810. The average Bonchev–Trinajstić information content (AvgIpc) is 2.64. The lowest BCUT2D eigenvalue weighted by Crippen LogP contribution is -2.41. The van der Waals surface area contributed by atoms with E-state index < -0.39 is 11.3 Å². The summed E-state index contributed by atoms with van der Waals surface area (Å²) in [6, 6.07) is 0. The lowest BCUT2D eigenvalue weighted by Gasteiger charge is -2.27. The molecule has 2 unspecified atom stereocenters. The van der Waals surface area contributed by atoms with Crippen molar-refractivity contribution in [3.05, 3.63) is 0 Å². The smallest absolute Gasteiger partial charge is 0.410 e. The van der Waals surface area contributed by atoms with Crippen LogP contribution in [0.25, 0.3) is 0 Å². The van der Waals surface area contributed by atoms with Crippen molar-refractivity contribution >= 4 is 6.09 Å². The van der Waals surface area contributed by atoms with Crippen molar-refractivity contribution in [3.8, 4) is 0 Å². The Morgan fingerprint density at radius 1 is 1.47 bits per heavy atom. The molecule has 0 aromatic rings. The second kappa shape index (κ2) is 4.80. The number of rotatable bonds is 2. The number of nitrogens with two attached hydrogens (primary N) is 1. The molecule has 0 aromatic carbocycles. The molecule has 1 aliphatic rings. The largest absolute Gasteiger partial charge is 0.444 e. The van der Waals surface area contributed by atoms with Crippen LogP contribution in [0, 0.1) is 5.92 Å². The summed E-state index contributed by atoms with van der Waals surface area (Å²) in [7, 11) is 0. The summed E-state index contributed by atoms with van der Waals surface area (Å²) in [5.41, 5.74) is 3.48. The predicted molar refractivity (Wildman–Crippen MR) is 64.5 cm³/mol. The van der Waals surface area contributed by atoms with E-state index in [0.717, 1.165) is 0 Å². The Balaban J connectivity index is 2.54. The maximum Gasteiger partial charge on any atom is 0.410 e. The van der Waals surface area contributed by atoms with Crippen molar-refractivity contribution in [1.29, 1.82) is 0 Å². The summed E-state index contributed by atoms with van der Waals surface area (Å²) < 4.78 is 19.2. The third-order valence-corrected chi connectivity index (χ3v) is 3.09. The molecular weight excluding hydrogens is 223 g/mol. The van der Waals surface area contributed by atoms with Gasteiger partial charge in [0.25, 0.3) is 0 Å². The molecule has 5 heteroatoms. The Morgan fingerprint density at radius 3 is 2.53 bits per heavy atom. The number of nitrogens with zero attached hydrogens (tertiary/aromatic N) is 1. The Kier molecular flexibility index (Phi) is 4.02. The molecule has 0 spiro atoms. The van der Waals surface area contributed by atoms with Crippen molar-refractivity contribution in [3.63, 3.8) is 0 Å². The second-order valence-electron chi connectivity index (χ2n) is 5.89. The Morgan fingerprint density at radius 2 is 2.06 bits per heavy atom. The number of hydrogen-bond acceptors (Lipinski definition) is 3. The van der Waals surface area contributed by atoms with Crippen LogP contribution in [0.3, 0.4) is 0 Å². The van der Waals surface area contributed by atoms with Gasteiger partial charge in [0.1, 0.15) is 11.3 Å². The second-order valence-corrected chi connectivity index (χ2v) is 5.89. The number of carbonyl (C=O) groups is 1. The summed E-state index contributed by atoms with van der Waals surface area (Å²) in [6.45, 7) is 7.86. The van der Waals surface area contributed by atoms with Crippen molar-refractivity contribution < 1.29 is 13.9 Å². The zero-order valence-electron chi connectivity index (χ0n) is 11.1. The third-order valence-electron chi connectivity index (χ3n) is 3.09. The van der Waals surface area contributed by atoms with E-state index in [4.69, 9.17) is 10.5 Å². The lowest BCUT2D eigenvalue weighted by molar-refractivity contribution is 0.0265. The van der Waals surface area contributed by atoms with E-state index in [2.05, 4.69) is 0 Å². The zero-order valence-corrected chi connectivity index (χ0v) is 11.1. The molecule has 0 bridgehead atoms. The maximum absolute atomic E-state index is 14.0. The first-order valence-electron chi connectivity index (χ1n) is 6.02. The van der Waals surface area contributed by atoms with Crippen LogP contribution in [-0.4, -0.2) is 41.9 Å². The topological polar surface area (TPSA) is 55.6 Å². The number of likely N-dealkylation sites (tertiary alicyclic amines) is 1. The van der Waals surface area contributed by atoms with Gasteiger partial charge in [0.2, 0.25) is 0 Å². The Labute approximate surface area is 102 Å². The van der Waals surface area contributed by atoms with E-state index in [1.165, 1.54) is 6.92 Å². The normalized spacial score (nSPS) is 24.6. The first-order valence-corrected chi connectivity index (χ1v) is 6.02. The van der Waals surface area contributed by atoms with Crippen LogP contribution in [0.1, 0.15) is 34.1 Å². The molecular formula is C12H23FN2O2. The Hall–Kier alpha value is -0.840. The fraction of sp³-hybridized carbons (Fsp3) is 0.917. The predicted octanol–water partition coefficient (Wildman–Crippen LogP) is 1.93. The molecule has 100 valence electrons. The molecule has 1 saturated heterocycles. The molecule has 0 saturated carbocycles. The number of amides is 1. The molecule has 1 aliphatic heterocycles. The van der Waals surface area contributed by atoms with Crippen LogP contribution >= 0.6 is 0 Å². The number of carbonyl (C=O) groups excluding carboxylic acids is 1. The first-order chi connectivity index (χ1) is 7.65. The van der Waals surface area contributed by atoms with E-state index >= 15 is 0 Å². The summed E-state index contributed by atoms with van der Waals surface area (Å²) in [6.07, 6.45) is 0.275. The van der Waals surface area contributed by atoms with Crippen LogP contribution in [-0.2, 0) is 4.74 Å². The lowest BCUT2D eigenvalue weighted by atomic mass is 9.90. The molecule has 1 rings (SSSR count). The highest BCUT2D eigenvalue weighted by molar-refractivity contribution is 5.68. The number of hydrogen-bond donors (Lipinski definition) is 1. The number of ether oxygens (including phenoxy) is 1. The molecule has 1 heterocycles. The van der Waals surface area contributed by atoms with Crippen molar-refractivity contribution in [2.75, 3.05) is 19.6 Å².